The lowest BCUT2D eigenvalue weighted by Gasteiger charge is -2.00. The van der Waals surface area contributed by atoms with E-state index in [0.717, 1.165) is 35.1 Å². The van der Waals surface area contributed by atoms with Crippen molar-refractivity contribution in [3.8, 4) is 10.6 Å². The average Bonchev–Trinajstić information content (AvgIpc) is 3.19. The second-order valence-corrected chi connectivity index (χ2v) is 5.35. The fourth-order valence-corrected chi connectivity index (χ4v) is 2.68. The van der Waals surface area contributed by atoms with E-state index in [1.807, 2.05) is 22.2 Å². The maximum atomic E-state index is 5.79. The van der Waals surface area contributed by atoms with E-state index in [0.29, 0.717) is 12.4 Å². The molecule has 0 aliphatic heterocycles. The van der Waals surface area contributed by atoms with Gasteiger partial charge in [0.05, 0.1) is 11.1 Å². The number of oxazole rings is 1. The summed E-state index contributed by atoms with van der Waals surface area (Å²) in [5, 5.41) is 6.50. The van der Waals surface area contributed by atoms with E-state index < -0.39 is 0 Å². The molecule has 3 aromatic rings. The number of thiophene rings is 1. The van der Waals surface area contributed by atoms with E-state index >= 15 is 0 Å². The molecule has 3 rings (SSSR count). The summed E-state index contributed by atoms with van der Waals surface area (Å²) in [5.41, 5.74) is 0. The van der Waals surface area contributed by atoms with Gasteiger partial charge in [0.1, 0.15) is 12.4 Å². The molecule has 3 heterocycles. The molecule has 0 saturated heterocycles. The maximum absolute atomic E-state index is 5.79. The quantitative estimate of drug-likeness (QED) is 0.723. The third kappa shape index (κ3) is 2.51. The fourth-order valence-electron chi connectivity index (χ4n) is 2.01. The second kappa shape index (κ2) is 5.58. The molecule has 0 N–H and O–H groups in total. The summed E-state index contributed by atoms with van der Waals surface area (Å²) < 4.78 is 7.66. The van der Waals surface area contributed by atoms with Crippen LogP contribution < -0.4 is 0 Å². The van der Waals surface area contributed by atoms with Crippen molar-refractivity contribution in [2.24, 2.45) is 0 Å². The van der Waals surface area contributed by atoms with E-state index in [-0.39, 0.29) is 0 Å². The van der Waals surface area contributed by atoms with Gasteiger partial charge in [0, 0.05) is 12.8 Å². The molecule has 0 fully saturated rings. The zero-order valence-corrected chi connectivity index (χ0v) is 12.4. The van der Waals surface area contributed by atoms with Crippen molar-refractivity contribution >= 4 is 11.3 Å². The number of aryl methyl sites for hydroxylation is 2. The molecule has 0 amide bonds. The predicted molar refractivity (Wildman–Crippen MR) is 77.7 cm³/mol. The first-order chi connectivity index (χ1) is 9.80. The Morgan fingerprint density at radius 3 is 2.90 bits per heavy atom. The molecule has 0 saturated carbocycles. The minimum atomic E-state index is 0.529. The first-order valence-corrected chi connectivity index (χ1v) is 7.59. The molecule has 0 aromatic carbocycles. The van der Waals surface area contributed by atoms with Gasteiger partial charge in [-0.2, -0.15) is 5.10 Å². The molecule has 20 heavy (non-hydrogen) atoms. The van der Waals surface area contributed by atoms with Gasteiger partial charge < -0.3 is 4.42 Å². The first kappa shape index (κ1) is 13.1. The third-order valence-corrected chi connectivity index (χ3v) is 3.91. The summed E-state index contributed by atoms with van der Waals surface area (Å²) in [5.74, 6) is 3.31. The highest BCUT2D eigenvalue weighted by molar-refractivity contribution is 7.13. The third-order valence-electron chi connectivity index (χ3n) is 3.03. The zero-order valence-electron chi connectivity index (χ0n) is 11.5. The van der Waals surface area contributed by atoms with Gasteiger partial charge >= 0.3 is 0 Å². The van der Waals surface area contributed by atoms with Crippen LogP contribution in [0.3, 0.4) is 0 Å². The van der Waals surface area contributed by atoms with E-state index in [2.05, 4.69) is 28.9 Å². The van der Waals surface area contributed by atoms with Crippen LogP contribution in [0.2, 0.25) is 0 Å². The van der Waals surface area contributed by atoms with Crippen molar-refractivity contribution in [1.82, 2.24) is 19.7 Å². The topological polar surface area (TPSA) is 56.7 Å². The van der Waals surface area contributed by atoms with Gasteiger partial charge in [-0.25, -0.2) is 14.6 Å². The standard InChI is InChI=1S/C14H16N4OS/c1-3-12-16-13(4-2)18(17-12)9-14-15-8-10(19-14)11-6-5-7-20-11/h5-8H,3-4,9H2,1-2H3. The average molecular weight is 288 g/mol. The van der Waals surface area contributed by atoms with Crippen LogP contribution in [0, 0.1) is 0 Å². The van der Waals surface area contributed by atoms with E-state index in [1.54, 1.807) is 17.5 Å². The Kier molecular flexibility index (Phi) is 3.64. The summed E-state index contributed by atoms with van der Waals surface area (Å²) in [4.78, 5) is 9.90. The molecule has 0 unspecified atom stereocenters. The van der Waals surface area contributed by atoms with E-state index in [9.17, 15) is 0 Å². The molecule has 0 bridgehead atoms. The van der Waals surface area contributed by atoms with Crippen LogP contribution in [0.25, 0.3) is 10.6 Å². The van der Waals surface area contributed by atoms with Gasteiger partial charge in [0.2, 0.25) is 5.89 Å². The molecule has 0 aliphatic rings. The van der Waals surface area contributed by atoms with Crippen LogP contribution in [0.5, 0.6) is 0 Å². The molecule has 0 aliphatic carbocycles. The summed E-state index contributed by atoms with van der Waals surface area (Å²) in [6.45, 7) is 4.66. The van der Waals surface area contributed by atoms with Crippen LogP contribution in [0.15, 0.2) is 28.1 Å². The van der Waals surface area contributed by atoms with Crippen molar-refractivity contribution in [2.75, 3.05) is 0 Å². The van der Waals surface area contributed by atoms with E-state index in [4.69, 9.17) is 4.42 Å². The Labute approximate surface area is 121 Å². The second-order valence-electron chi connectivity index (χ2n) is 4.40. The fraction of sp³-hybridized carbons (Fsp3) is 0.357. The van der Waals surface area contributed by atoms with Crippen molar-refractivity contribution < 1.29 is 4.42 Å². The van der Waals surface area contributed by atoms with Crippen LogP contribution in [0.1, 0.15) is 31.4 Å². The van der Waals surface area contributed by atoms with E-state index in [1.165, 1.54) is 0 Å². The summed E-state index contributed by atoms with van der Waals surface area (Å²) in [7, 11) is 0. The smallest absolute Gasteiger partial charge is 0.216 e. The summed E-state index contributed by atoms with van der Waals surface area (Å²) >= 11 is 1.64. The molecule has 6 heteroatoms. The normalized spacial score (nSPS) is 11.1. The largest absolute Gasteiger partial charge is 0.438 e. The molecule has 0 spiro atoms. The molecule has 0 atom stereocenters. The van der Waals surface area contributed by atoms with Crippen LogP contribution in [-0.4, -0.2) is 19.7 Å². The molecule has 3 aromatic heterocycles. The SMILES string of the molecule is CCc1nc(CC)n(Cc2ncc(-c3cccs3)o2)n1. The Hall–Kier alpha value is -1.95. The zero-order chi connectivity index (χ0) is 13.9. The highest BCUT2D eigenvalue weighted by atomic mass is 32.1. The van der Waals surface area contributed by atoms with Gasteiger partial charge in [0.15, 0.2) is 11.6 Å². The lowest BCUT2D eigenvalue weighted by atomic mass is 10.4. The summed E-state index contributed by atoms with van der Waals surface area (Å²) in [6, 6.07) is 4.03. The number of rotatable bonds is 5. The molecule has 0 radical (unpaired) electrons. The number of nitrogens with zero attached hydrogens (tertiary/aromatic N) is 4. The molecule has 104 valence electrons. The number of aromatic nitrogens is 4. The monoisotopic (exact) mass is 288 g/mol. The van der Waals surface area contributed by atoms with Gasteiger partial charge in [-0.3, -0.25) is 0 Å². The number of hydrogen-bond acceptors (Lipinski definition) is 5. The van der Waals surface area contributed by atoms with Crippen molar-refractivity contribution in [3.05, 3.63) is 41.2 Å². The van der Waals surface area contributed by atoms with Crippen LogP contribution in [-0.2, 0) is 19.4 Å². The van der Waals surface area contributed by atoms with Crippen molar-refractivity contribution in [2.45, 2.75) is 33.2 Å². The lowest BCUT2D eigenvalue weighted by Crippen LogP contribution is -2.06. The number of hydrogen-bond donors (Lipinski definition) is 0. The Bertz CT molecular complexity index is 684. The van der Waals surface area contributed by atoms with Crippen molar-refractivity contribution in [3.63, 3.8) is 0 Å². The Morgan fingerprint density at radius 2 is 2.20 bits per heavy atom. The van der Waals surface area contributed by atoms with Crippen LogP contribution >= 0.6 is 11.3 Å². The van der Waals surface area contributed by atoms with Gasteiger partial charge in [-0.15, -0.1) is 11.3 Å². The first-order valence-electron chi connectivity index (χ1n) is 6.71. The highest BCUT2D eigenvalue weighted by Crippen LogP contribution is 2.25. The highest BCUT2D eigenvalue weighted by Gasteiger charge is 2.12. The predicted octanol–water partition coefficient (Wildman–Crippen LogP) is 3.17. The molecule has 5 nitrogen and oxygen atoms in total. The minimum Gasteiger partial charge on any atom is -0.438 e. The van der Waals surface area contributed by atoms with Crippen LogP contribution in [0.4, 0.5) is 0 Å². The minimum absolute atomic E-state index is 0.529. The molecular formula is C14H16N4OS. The van der Waals surface area contributed by atoms with Gasteiger partial charge in [-0.1, -0.05) is 19.9 Å². The van der Waals surface area contributed by atoms with Crippen molar-refractivity contribution in [1.29, 1.82) is 0 Å². The molecular weight excluding hydrogens is 272 g/mol. The maximum Gasteiger partial charge on any atom is 0.216 e. The lowest BCUT2D eigenvalue weighted by molar-refractivity contribution is 0.467. The van der Waals surface area contributed by atoms with Gasteiger partial charge in [-0.05, 0) is 11.4 Å². The Morgan fingerprint density at radius 1 is 1.30 bits per heavy atom. The van der Waals surface area contributed by atoms with Gasteiger partial charge in [0.25, 0.3) is 0 Å². The summed E-state index contributed by atoms with van der Waals surface area (Å²) in [6.07, 6.45) is 3.46. The Balaban J connectivity index is 1.83.